The molecule has 1 aromatic rings. The zero-order chi connectivity index (χ0) is 13.0. The maximum Gasteiger partial charge on any atom is 0.282 e. The van der Waals surface area contributed by atoms with E-state index in [0.29, 0.717) is 18.5 Å². The van der Waals surface area contributed by atoms with E-state index in [-0.39, 0.29) is 11.9 Å². The third-order valence-corrected chi connectivity index (χ3v) is 3.42. The van der Waals surface area contributed by atoms with E-state index in [1.54, 1.807) is 0 Å². The highest BCUT2D eigenvalue weighted by atomic mass is 19.1. The minimum atomic E-state index is -0.185. The number of halogens is 1. The molecule has 1 aliphatic heterocycles. The van der Waals surface area contributed by atoms with Gasteiger partial charge in [0.05, 0.1) is 6.04 Å². The van der Waals surface area contributed by atoms with E-state index in [0.717, 1.165) is 19.3 Å². The molecule has 0 saturated carbocycles. The van der Waals surface area contributed by atoms with Crippen molar-refractivity contribution in [3.63, 3.8) is 0 Å². The van der Waals surface area contributed by atoms with Crippen molar-refractivity contribution in [3.8, 4) is 0 Å². The van der Waals surface area contributed by atoms with Crippen molar-refractivity contribution in [2.45, 2.75) is 38.1 Å². The summed E-state index contributed by atoms with van der Waals surface area (Å²) in [7, 11) is 0. The Morgan fingerprint density at radius 2 is 2.17 bits per heavy atom. The number of hydrogen-bond acceptors (Lipinski definition) is 3. The zero-order valence-electron chi connectivity index (χ0n) is 10.6. The Hall–Kier alpha value is -1.58. The first-order valence-electron chi connectivity index (χ1n) is 6.40. The molecule has 0 saturated heterocycles. The van der Waals surface area contributed by atoms with Crippen LogP contribution in [0.1, 0.15) is 37.7 Å². The van der Waals surface area contributed by atoms with Crippen molar-refractivity contribution >= 4 is 6.02 Å². The lowest BCUT2D eigenvalue weighted by molar-refractivity contribution is 0.303. The monoisotopic (exact) mass is 250 g/mol. The molecule has 2 N–H and O–H groups in total. The molecule has 0 aliphatic carbocycles. The SMILES string of the molecule is CC[C@@H](CC[C@H]1COC(N)=N1)c1ccc(F)cc1. The summed E-state index contributed by atoms with van der Waals surface area (Å²) in [6.45, 7) is 2.74. The highest BCUT2D eigenvalue weighted by molar-refractivity contribution is 5.72. The third-order valence-electron chi connectivity index (χ3n) is 3.42. The highest BCUT2D eigenvalue weighted by Gasteiger charge is 2.18. The number of ether oxygens (including phenoxy) is 1. The van der Waals surface area contributed by atoms with Gasteiger partial charge < -0.3 is 10.5 Å². The summed E-state index contributed by atoms with van der Waals surface area (Å²) in [5.74, 6) is 0.262. The largest absolute Gasteiger partial charge is 0.463 e. The Morgan fingerprint density at radius 1 is 1.44 bits per heavy atom. The number of benzene rings is 1. The van der Waals surface area contributed by atoms with Crippen LogP contribution in [0.15, 0.2) is 29.3 Å². The molecule has 0 aromatic heterocycles. The van der Waals surface area contributed by atoms with Gasteiger partial charge in [-0.15, -0.1) is 0 Å². The standard InChI is InChI=1S/C14H19FN2O/c1-2-10(11-3-6-12(15)7-4-11)5-8-13-9-18-14(16)17-13/h3-4,6-7,10,13H,2,5,8-9H2,1H3,(H2,16,17)/t10-,13-/m0/s1. The van der Waals surface area contributed by atoms with Crippen LogP contribution in [0.2, 0.25) is 0 Å². The minimum absolute atomic E-state index is 0.180. The van der Waals surface area contributed by atoms with E-state index in [9.17, 15) is 4.39 Å². The molecule has 0 radical (unpaired) electrons. The number of amidine groups is 1. The Balaban J connectivity index is 1.91. The summed E-state index contributed by atoms with van der Waals surface area (Å²) >= 11 is 0. The van der Waals surface area contributed by atoms with Crippen molar-refractivity contribution in [3.05, 3.63) is 35.6 Å². The van der Waals surface area contributed by atoms with E-state index in [1.807, 2.05) is 12.1 Å². The van der Waals surface area contributed by atoms with Gasteiger partial charge in [0.25, 0.3) is 6.02 Å². The van der Waals surface area contributed by atoms with E-state index in [4.69, 9.17) is 10.5 Å². The molecule has 0 spiro atoms. The normalized spacial score (nSPS) is 20.3. The summed E-state index contributed by atoms with van der Waals surface area (Å²) in [4.78, 5) is 4.21. The Labute approximate surface area is 107 Å². The van der Waals surface area contributed by atoms with Gasteiger partial charge in [0.1, 0.15) is 12.4 Å². The van der Waals surface area contributed by atoms with Crippen molar-refractivity contribution < 1.29 is 9.13 Å². The fourth-order valence-corrected chi connectivity index (χ4v) is 2.32. The van der Waals surface area contributed by atoms with Crippen LogP contribution in [-0.4, -0.2) is 18.7 Å². The van der Waals surface area contributed by atoms with Gasteiger partial charge in [0, 0.05) is 0 Å². The first-order valence-corrected chi connectivity index (χ1v) is 6.40. The highest BCUT2D eigenvalue weighted by Crippen LogP contribution is 2.26. The third kappa shape index (κ3) is 3.22. The summed E-state index contributed by atoms with van der Waals surface area (Å²) in [6.07, 6.45) is 3.02. The molecule has 18 heavy (non-hydrogen) atoms. The molecule has 0 amide bonds. The fraction of sp³-hybridized carbons (Fsp3) is 0.500. The lowest BCUT2D eigenvalue weighted by atomic mass is 9.90. The van der Waals surface area contributed by atoms with Crippen LogP contribution < -0.4 is 5.73 Å². The van der Waals surface area contributed by atoms with Crippen molar-refractivity contribution in [2.75, 3.05) is 6.61 Å². The Kier molecular flexibility index (Phi) is 4.18. The van der Waals surface area contributed by atoms with Crippen LogP contribution in [0, 0.1) is 5.82 Å². The lowest BCUT2D eigenvalue weighted by Crippen LogP contribution is -2.10. The van der Waals surface area contributed by atoms with Crippen LogP contribution in [0.5, 0.6) is 0 Å². The first-order chi connectivity index (χ1) is 8.69. The van der Waals surface area contributed by atoms with Gasteiger partial charge >= 0.3 is 0 Å². The van der Waals surface area contributed by atoms with Gasteiger partial charge in [-0.3, -0.25) is 0 Å². The van der Waals surface area contributed by atoms with E-state index < -0.39 is 0 Å². The molecule has 98 valence electrons. The predicted octanol–water partition coefficient (Wildman–Crippen LogP) is 2.81. The molecule has 4 heteroatoms. The molecular weight excluding hydrogens is 231 g/mol. The summed E-state index contributed by atoms with van der Waals surface area (Å²) < 4.78 is 18.0. The second kappa shape index (κ2) is 5.85. The van der Waals surface area contributed by atoms with Gasteiger partial charge in [0.15, 0.2) is 0 Å². The smallest absolute Gasteiger partial charge is 0.282 e. The Morgan fingerprint density at radius 3 is 2.72 bits per heavy atom. The number of nitrogens with two attached hydrogens (primary N) is 1. The van der Waals surface area contributed by atoms with Gasteiger partial charge in [-0.2, -0.15) is 0 Å². The molecule has 0 fully saturated rings. The molecule has 0 bridgehead atoms. The van der Waals surface area contributed by atoms with Crippen molar-refractivity contribution in [2.24, 2.45) is 10.7 Å². The van der Waals surface area contributed by atoms with E-state index in [1.165, 1.54) is 17.7 Å². The van der Waals surface area contributed by atoms with Crippen LogP contribution in [0.4, 0.5) is 4.39 Å². The molecular formula is C14H19FN2O. The van der Waals surface area contributed by atoms with Gasteiger partial charge in [-0.05, 0) is 42.9 Å². The molecule has 2 atom stereocenters. The maximum absolute atomic E-state index is 12.9. The average molecular weight is 250 g/mol. The van der Waals surface area contributed by atoms with Crippen molar-refractivity contribution in [1.82, 2.24) is 0 Å². The molecule has 1 aromatic carbocycles. The topological polar surface area (TPSA) is 47.6 Å². The van der Waals surface area contributed by atoms with Gasteiger partial charge in [0.2, 0.25) is 0 Å². The fourth-order valence-electron chi connectivity index (χ4n) is 2.32. The predicted molar refractivity (Wildman–Crippen MR) is 70.0 cm³/mol. The van der Waals surface area contributed by atoms with E-state index >= 15 is 0 Å². The first kappa shape index (κ1) is 12.9. The summed E-state index contributed by atoms with van der Waals surface area (Å²) in [5.41, 5.74) is 6.67. The van der Waals surface area contributed by atoms with Gasteiger partial charge in [-0.25, -0.2) is 9.38 Å². The molecule has 3 nitrogen and oxygen atoms in total. The van der Waals surface area contributed by atoms with Crippen LogP contribution >= 0.6 is 0 Å². The number of aliphatic imine (C=N–C) groups is 1. The van der Waals surface area contributed by atoms with Crippen molar-refractivity contribution in [1.29, 1.82) is 0 Å². The maximum atomic E-state index is 12.9. The summed E-state index contributed by atoms with van der Waals surface area (Å²) in [6, 6.07) is 7.26. The van der Waals surface area contributed by atoms with Gasteiger partial charge in [-0.1, -0.05) is 19.1 Å². The van der Waals surface area contributed by atoms with E-state index in [2.05, 4.69) is 11.9 Å². The quantitative estimate of drug-likeness (QED) is 0.873. The molecule has 1 aliphatic rings. The number of rotatable bonds is 5. The molecule has 2 rings (SSSR count). The average Bonchev–Trinajstić information content (AvgIpc) is 2.78. The second-order valence-corrected chi connectivity index (χ2v) is 4.67. The second-order valence-electron chi connectivity index (χ2n) is 4.67. The lowest BCUT2D eigenvalue weighted by Gasteiger charge is -2.16. The number of nitrogens with zero attached hydrogens (tertiary/aromatic N) is 1. The van der Waals surface area contributed by atoms with Crippen LogP contribution in [0.25, 0.3) is 0 Å². The zero-order valence-corrected chi connectivity index (χ0v) is 10.6. The van der Waals surface area contributed by atoms with Crippen LogP contribution in [0.3, 0.4) is 0 Å². The Bertz CT molecular complexity index is 416. The molecule has 0 unspecified atom stereocenters. The molecule has 1 heterocycles. The minimum Gasteiger partial charge on any atom is -0.463 e. The number of hydrogen-bond donors (Lipinski definition) is 1. The van der Waals surface area contributed by atoms with Crippen LogP contribution in [-0.2, 0) is 4.74 Å². The summed E-state index contributed by atoms with van der Waals surface area (Å²) in [5, 5.41) is 0.